The molecule has 8 heteroatoms. The van der Waals surface area contributed by atoms with Crippen molar-refractivity contribution in [2.75, 3.05) is 38.4 Å². The molecule has 2 N–H and O–H groups in total. The fraction of sp³-hybridized carbons (Fsp3) is 0.588. The summed E-state index contributed by atoms with van der Waals surface area (Å²) in [4.78, 5) is 4.11. The fourth-order valence-electron chi connectivity index (χ4n) is 1.95. The van der Waals surface area contributed by atoms with Crippen molar-refractivity contribution in [1.82, 2.24) is 5.32 Å². The highest BCUT2D eigenvalue weighted by atomic mass is 32.2. The minimum Gasteiger partial charge on any atom is -0.493 e. The van der Waals surface area contributed by atoms with E-state index in [9.17, 15) is 8.42 Å². The Kier molecular flexibility index (Phi) is 7.54. The molecule has 1 aromatic rings. The molecule has 0 amide bonds. The number of aliphatic imine (C=N–C) groups is 1. The Morgan fingerprint density at radius 3 is 2.44 bits per heavy atom. The number of sulfone groups is 1. The van der Waals surface area contributed by atoms with Gasteiger partial charge in [-0.15, -0.1) is 0 Å². The first-order valence-corrected chi connectivity index (χ1v) is 9.80. The summed E-state index contributed by atoms with van der Waals surface area (Å²) in [6.45, 7) is 7.82. The lowest BCUT2D eigenvalue weighted by atomic mass is 10.2. The van der Waals surface area contributed by atoms with Crippen LogP contribution in [0.15, 0.2) is 23.2 Å². The minimum absolute atomic E-state index is 0.0315. The normalized spacial score (nSPS) is 12.6. The zero-order chi connectivity index (χ0) is 19.1. The number of hydrogen-bond donors (Lipinski definition) is 2. The van der Waals surface area contributed by atoms with Gasteiger partial charge in [0.25, 0.3) is 0 Å². The molecule has 0 saturated carbocycles. The Balaban J connectivity index is 2.71. The van der Waals surface area contributed by atoms with Crippen molar-refractivity contribution in [3.05, 3.63) is 18.2 Å². The summed E-state index contributed by atoms with van der Waals surface area (Å²) in [7, 11) is 0.0209. The van der Waals surface area contributed by atoms with Gasteiger partial charge in [0.2, 0.25) is 0 Å². The van der Waals surface area contributed by atoms with Crippen molar-refractivity contribution in [1.29, 1.82) is 0 Å². The van der Waals surface area contributed by atoms with Crippen LogP contribution in [-0.2, 0) is 9.84 Å². The van der Waals surface area contributed by atoms with Crippen molar-refractivity contribution < 1.29 is 17.9 Å². The van der Waals surface area contributed by atoms with Crippen LogP contribution in [0.25, 0.3) is 0 Å². The van der Waals surface area contributed by atoms with Gasteiger partial charge in [0, 0.05) is 25.3 Å². The van der Waals surface area contributed by atoms with E-state index in [0.717, 1.165) is 5.69 Å². The first-order valence-electron chi connectivity index (χ1n) is 8.15. The molecule has 25 heavy (non-hydrogen) atoms. The van der Waals surface area contributed by atoms with Crippen LogP contribution in [-0.4, -0.2) is 52.2 Å². The van der Waals surface area contributed by atoms with Gasteiger partial charge in [-0.05, 0) is 39.8 Å². The van der Waals surface area contributed by atoms with Crippen LogP contribution in [0, 0.1) is 0 Å². The zero-order valence-corrected chi connectivity index (χ0v) is 16.7. The lowest BCUT2D eigenvalue weighted by molar-refractivity contribution is 0.311. The molecule has 0 aromatic heterocycles. The first-order chi connectivity index (χ1) is 11.6. The van der Waals surface area contributed by atoms with E-state index in [0.29, 0.717) is 24.1 Å². The molecule has 0 spiro atoms. The summed E-state index contributed by atoms with van der Waals surface area (Å²) in [5.41, 5.74) is 0.757. The summed E-state index contributed by atoms with van der Waals surface area (Å²) in [6, 6.07) is 5.44. The highest BCUT2D eigenvalue weighted by Crippen LogP contribution is 2.30. The second kappa shape index (κ2) is 8.94. The minimum atomic E-state index is -3.18. The Morgan fingerprint density at radius 2 is 1.92 bits per heavy atom. The molecule has 0 atom stereocenters. The number of ether oxygens (including phenoxy) is 2. The average molecular weight is 372 g/mol. The van der Waals surface area contributed by atoms with Gasteiger partial charge < -0.3 is 20.1 Å². The largest absolute Gasteiger partial charge is 0.493 e. The Hall–Kier alpha value is -1.96. The second-order valence-corrected chi connectivity index (χ2v) is 9.22. The first kappa shape index (κ1) is 21.1. The van der Waals surface area contributed by atoms with Gasteiger partial charge in [-0.25, -0.2) is 8.42 Å². The van der Waals surface area contributed by atoms with Crippen LogP contribution in [0.2, 0.25) is 0 Å². The summed E-state index contributed by atoms with van der Waals surface area (Å²) in [5, 5.41) is 6.12. The van der Waals surface area contributed by atoms with Crippen LogP contribution in [0.1, 0.15) is 27.7 Å². The van der Waals surface area contributed by atoms with E-state index in [-0.39, 0.29) is 12.3 Å². The molecule has 1 aromatic carbocycles. The van der Waals surface area contributed by atoms with Crippen LogP contribution in [0.4, 0.5) is 5.69 Å². The lowest BCUT2D eigenvalue weighted by Crippen LogP contribution is -2.38. The van der Waals surface area contributed by atoms with Crippen molar-refractivity contribution in [2.24, 2.45) is 4.99 Å². The molecule has 0 aliphatic carbocycles. The van der Waals surface area contributed by atoms with E-state index in [1.54, 1.807) is 41.0 Å². The lowest BCUT2D eigenvalue weighted by Gasteiger charge is -2.20. The van der Waals surface area contributed by atoms with Gasteiger partial charge in [-0.2, -0.15) is 0 Å². The molecule has 0 unspecified atom stereocenters. The Labute approximate surface area is 150 Å². The van der Waals surface area contributed by atoms with E-state index in [1.807, 2.05) is 19.1 Å². The predicted octanol–water partition coefficient (Wildman–Crippen LogP) is 2.29. The van der Waals surface area contributed by atoms with Crippen LogP contribution in [0.5, 0.6) is 11.5 Å². The fourth-order valence-corrected chi connectivity index (χ4v) is 2.93. The maximum Gasteiger partial charge on any atom is 0.195 e. The topological polar surface area (TPSA) is 89.0 Å². The highest BCUT2D eigenvalue weighted by molar-refractivity contribution is 7.92. The second-order valence-electron chi connectivity index (χ2n) is 6.35. The number of hydrogen-bond acceptors (Lipinski definition) is 5. The van der Waals surface area contributed by atoms with Gasteiger partial charge in [0.15, 0.2) is 27.3 Å². The van der Waals surface area contributed by atoms with Crippen molar-refractivity contribution >= 4 is 21.5 Å². The van der Waals surface area contributed by atoms with Crippen molar-refractivity contribution in [3.63, 3.8) is 0 Å². The summed E-state index contributed by atoms with van der Waals surface area (Å²) >= 11 is 0. The number of anilines is 1. The van der Waals surface area contributed by atoms with Crippen molar-refractivity contribution in [3.8, 4) is 11.5 Å². The maximum atomic E-state index is 12.1. The van der Waals surface area contributed by atoms with Crippen LogP contribution < -0.4 is 20.1 Å². The van der Waals surface area contributed by atoms with Crippen molar-refractivity contribution in [2.45, 2.75) is 32.4 Å². The summed E-state index contributed by atoms with van der Waals surface area (Å²) in [6.07, 6.45) is 0. The third-order valence-corrected chi connectivity index (χ3v) is 6.15. The molecule has 7 nitrogen and oxygen atoms in total. The van der Waals surface area contributed by atoms with E-state index in [2.05, 4.69) is 15.6 Å². The smallest absolute Gasteiger partial charge is 0.195 e. The zero-order valence-electron chi connectivity index (χ0n) is 15.8. The van der Waals surface area contributed by atoms with E-state index in [1.165, 1.54) is 0 Å². The number of nitrogens with one attached hydrogen (secondary N) is 2. The molecule has 0 bridgehead atoms. The van der Waals surface area contributed by atoms with E-state index in [4.69, 9.17) is 9.47 Å². The third kappa shape index (κ3) is 6.12. The molecule has 0 aliphatic rings. The average Bonchev–Trinajstić information content (AvgIpc) is 2.54. The summed E-state index contributed by atoms with van der Waals surface area (Å²) in [5.74, 6) is 1.78. The molecule has 0 heterocycles. The number of nitrogens with zero attached hydrogens (tertiary/aromatic N) is 1. The number of guanidine groups is 1. The standard InChI is InChI=1S/C17H29N3O4S/c1-7-24-14-9-8-13(12-15(14)23-6)20-16(18-5)19-10-11-25(21,22)17(2,3)4/h8-9,12H,7,10-11H2,1-6H3,(H2,18,19,20). The molecule has 0 radical (unpaired) electrons. The Bertz CT molecular complexity index is 694. The maximum absolute atomic E-state index is 12.1. The van der Waals surface area contributed by atoms with Gasteiger partial charge in [0.05, 0.1) is 24.2 Å². The molecular formula is C17H29N3O4S. The molecule has 0 saturated heterocycles. The highest BCUT2D eigenvalue weighted by Gasteiger charge is 2.28. The van der Waals surface area contributed by atoms with E-state index >= 15 is 0 Å². The summed E-state index contributed by atoms with van der Waals surface area (Å²) < 4.78 is 34.3. The SMILES string of the molecule is CCOc1ccc(NC(=NC)NCCS(=O)(=O)C(C)(C)C)cc1OC. The van der Waals surface area contributed by atoms with E-state index < -0.39 is 14.6 Å². The monoisotopic (exact) mass is 371 g/mol. The molecule has 1 rings (SSSR count). The third-order valence-electron chi connectivity index (χ3n) is 3.55. The molecular weight excluding hydrogens is 342 g/mol. The van der Waals surface area contributed by atoms with Gasteiger partial charge in [-0.3, -0.25) is 4.99 Å². The number of methoxy groups -OCH3 is 1. The number of benzene rings is 1. The van der Waals surface area contributed by atoms with Crippen LogP contribution >= 0.6 is 0 Å². The van der Waals surface area contributed by atoms with Crippen LogP contribution in [0.3, 0.4) is 0 Å². The predicted molar refractivity (Wildman–Crippen MR) is 103 cm³/mol. The molecule has 0 aliphatic heterocycles. The van der Waals surface area contributed by atoms with Gasteiger partial charge in [0.1, 0.15) is 0 Å². The molecule has 0 fully saturated rings. The molecule has 142 valence electrons. The quantitative estimate of drug-likeness (QED) is 0.565. The van der Waals surface area contributed by atoms with Gasteiger partial charge >= 0.3 is 0 Å². The number of rotatable bonds is 7. The Morgan fingerprint density at radius 1 is 1.24 bits per heavy atom. The van der Waals surface area contributed by atoms with Gasteiger partial charge in [-0.1, -0.05) is 0 Å².